The Hall–Kier alpha value is 1.79. The SMILES string of the molecule is CCN(CC)S(F)(F)F.[Cl][Sb]([Cl])[Cl]. The molecule has 0 aromatic heterocycles. The molecule has 0 unspecified atom stereocenters. The van der Waals surface area contributed by atoms with Gasteiger partial charge < -0.3 is 0 Å². The van der Waals surface area contributed by atoms with Crippen LogP contribution in [0, 0.1) is 0 Å². The molecule has 84 valence electrons. The van der Waals surface area contributed by atoms with E-state index < -0.39 is 28.2 Å². The fourth-order valence-electron chi connectivity index (χ4n) is 0.516. The molecular formula is C4H10Cl3F3NSSb. The molecule has 0 aromatic carbocycles. The summed E-state index contributed by atoms with van der Waals surface area (Å²) in [7, 11) is 15.0. The number of hydrogen-bond donors (Lipinski definition) is 0. The molecule has 0 bridgehead atoms. The van der Waals surface area contributed by atoms with Gasteiger partial charge in [0.15, 0.2) is 0 Å². The summed E-state index contributed by atoms with van der Waals surface area (Å²) in [5.41, 5.74) is 0. The van der Waals surface area contributed by atoms with Gasteiger partial charge in [-0.05, 0) is 0 Å². The number of halogens is 6. The van der Waals surface area contributed by atoms with E-state index in [0.717, 1.165) is 0 Å². The van der Waals surface area contributed by atoms with Crippen LogP contribution < -0.4 is 0 Å². The van der Waals surface area contributed by atoms with Crippen LogP contribution >= 0.6 is 37.9 Å². The van der Waals surface area contributed by atoms with Crippen LogP contribution in [-0.4, -0.2) is 34.2 Å². The fraction of sp³-hybridized carbons (Fsp3) is 1.00. The Morgan fingerprint density at radius 3 is 1.31 bits per heavy atom. The molecule has 0 atom stereocenters. The van der Waals surface area contributed by atoms with E-state index in [9.17, 15) is 11.7 Å². The average Bonchev–Trinajstić information content (AvgIpc) is 1.85. The molecule has 0 aromatic rings. The van der Waals surface area contributed by atoms with E-state index in [-0.39, 0.29) is 13.1 Å². The van der Waals surface area contributed by atoms with Crippen molar-refractivity contribution >= 4 is 54.6 Å². The molecule has 0 radical (unpaired) electrons. The minimum atomic E-state index is -4.93. The Balaban J connectivity index is 0. The summed E-state index contributed by atoms with van der Waals surface area (Å²) >= 11 is -6.97. The third-order valence-corrected chi connectivity index (χ3v) is 2.10. The molecule has 9 heteroatoms. The number of nitrogens with zero attached hydrogens (tertiary/aromatic N) is 1. The summed E-state index contributed by atoms with van der Waals surface area (Å²) in [4.78, 5) is 0. The maximum atomic E-state index is 11.7. The van der Waals surface area contributed by atoms with Crippen LogP contribution in [-0.2, 0) is 0 Å². The van der Waals surface area contributed by atoms with Gasteiger partial charge >= 0.3 is 43.3 Å². The molecule has 1 nitrogen and oxygen atoms in total. The van der Waals surface area contributed by atoms with Crippen molar-refractivity contribution in [1.82, 2.24) is 4.31 Å². The van der Waals surface area contributed by atoms with Gasteiger partial charge in [0.1, 0.15) is 0 Å². The van der Waals surface area contributed by atoms with Crippen molar-refractivity contribution in [2.24, 2.45) is 0 Å². The van der Waals surface area contributed by atoms with Crippen LogP contribution in [0.3, 0.4) is 0 Å². The Kier molecular flexibility index (Phi) is 12.0. The predicted molar refractivity (Wildman–Crippen MR) is 57.1 cm³/mol. The van der Waals surface area contributed by atoms with Crippen molar-refractivity contribution in [3.8, 4) is 0 Å². The first-order valence-corrected chi connectivity index (χ1v) is 14.2. The molecule has 0 saturated carbocycles. The first-order chi connectivity index (χ1) is 5.75. The van der Waals surface area contributed by atoms with E-state index in [1.807, 2.05) is 0 Å². The van der Waals surface area contributed by atoms with Crippen molar-refractivity contribution in [2.45, 2.75) is 13.8 Å². The Labute approximate surface area is 96.8 Å². The summed E-state index contributed by atoms with van der Waals surface area (Å²) in [6, 6.07) is 0. The third-order valence-electron chi connectivity index (χ3n) is 0.998. The Morgan fingerprint density at radius 1 is 1.08 bits per heavy atom. The molecule has 0 aliphatic carbocycles. The zero-order valence-electron chi connectivity index (χ0n) is 6.98. The van der Waals surface area contributed by atoms with E-state index in [0.29, 0.717) is 4.31 Å². The second kappa shape index (κ2) is 9.05. The number of hydrogen-bond acceptors (Lipinski definition) is 1. The van der Waals surface area contributed by atoms with E-state index in [1.165, 1.54) is 13.8 Å². The summed E-state index contributed by atoms with van der Waals surface area (Å²) in [6.07, 6.45) is 0. The van der Waals surface area contributed by atoms with E-state index in [1.54, 1.807) is 0 Å². The van der Waals surface area contributed by atoms with Gasteiger partial charge in [0.05, 0.1) is 0 Å². The van der Waals surface area contributed by atoms with Crippen LogP contribution in [0.25, 0.3) is 0 Å². The van der Waals surface area contributed by atoms with Crippen molar-refractivity contribution in [2.75, 3.05) is 13.1 Å². The topological polar surface area (TPSA) is 3.24 Å². The van der Waals surface area contributed by atoms with Crippen LogP contribution in [0.4, 0.5) is 11.7 Å². The second-order valence-electron chi connectivity index (χ2n) is 1.69. The van der Waals surface area contributed by atoms with Crippen LogP contribution in [0.1, 0.15) is 13.8 Å². The molecule has 0 fully saturated rings. The molecule has 0 spiro atoms. The second-order valence-corrected chi connectivity index (χ2v) is 14.3. The third kappa shape index (κ3) is 13.8. The maximum absolute atomic E-state index is 11.7. The quantitative estimate of drug-likeness (QED) is 0.648. The van der Waals surface area contributed by atoms with Gasteiger partial charge in [-0.2, -0.15) is 4.31 Å². The number of rotatable bonds is 3. The van der Waals surface area contributed by atoms with E-state index >= 15 is 0 Å². The standard InChI is InChI=1S/C4H10F3NS.3ClH.Sb/c1-3-8(4-2)9(5,6)7;;;;/h3-4H2,1-2H3;3*1H;/q;;;;+3/p-3. The zero-order chi connectivity index (χ0) is 11.1. The van der Waals surface area contributed by atoms with Gasteiger partial charge in [-0.25, -0.2) is 0 Å². The van der Waals surface area contributed by atoms with Gasteiger partial charge in [-0.15, -0.1) is 11.7 Å². The van der Waals surface area contributed by atoms with Gasteiger partial charge in [0.25, 0.3) is 11.4 Å². The molecule has 0 heterocycles. The fourth-order valence-corrected chi connectivity index (χ4v) is 1.10. The molecule has 13 heavy (non-hydrogen) atoms. The summed E-state index contributed by atoms with van der Waals surface area (Å²) in [6.45, 7) is 3.14. The average molecular weight is 389 g/mol. The Bertz CT molecular complexity index is 119. The molecular weight excluding hydrogens is 379 g/mol. The first-order valence-electron chi connectivity index (χ1n) is 3.20. The predicted octanol–water partition coefficient (Wildman–Crippen LogP) is 4.39. The van der Waals surface area contributed by atoms with Crippen LogP contribution in [0.2, 0.25) is 0 Å². The van der Waals surface area contributed by atoms with Crippen molar-refractivity contribution in [1.29, 1.82) is 0 Å². The molecule has 0 N–H and O–H groups in total. The monoisotopic (exact) mass is 387 g/mol. The van der Waals surface area contributed by atoms with Gasteiger partial charge in [-0.3, -0.25) is 0 Å². The molecule has 0 amide bonds. The van der Waals surface area contributed by atoms with E-state index in [2.05, 4.69) is 0 Å². The summed E-state index contributed by atoms with van der Waals surface area (Å²) < 4.78 is 35.7. The summed E-state index contributed by atoms with van der Waals surface area (Å²) in [5, 5.41) is 0. The molecule has 0 aliphatic heterocycles. The molecule has 0 saturated heterocycles. The van der Waals surface area contributed by atoms with Crippen LogP contribution in [0.5, 0.6) is 0 Å². The van der Waals surface area contributed by atoms with Gasteiger partial charge in [0, 0.05) is 13.1 Å². The molecule has 0 aliphatic rings. The van der Waals surface area contributed by atoms with Gasteiger partial charge in [-0.1, -0.05) is 13.8 Å². The van der Waals surface area contributed by atoms with Gasteiger partial charge in [0.2, 0.25) is 0 Å². The van der Waals surface area contributed by atoms with Crippen molar-refractivity contribution in [3.63, 3.8) is 0 Å². The molecule has 0 rings (SSSR count). The normalized spacial score (nSPS) is 12.8. The minimum absolute atomic E-state index is 0.0648. The Morgan fingerprint density at radius 2 is 1.31 bits per heavy atom. The summed E-state index contributed by atoms with van der Waals surface area (Å²) in [5.74, 6) is 0. The van der Waals surface area contributed by atoms with Crippen molar-refractivity contribution in [3.05, 3.63) is 0 Å². The van der Waals surface area contributed by atoms with E-state index in [4.69, 9.17) is 26.5 Å². The van der Waals surface area contributed by atoms with Crippen molar-refractivity contribution < 1.29 is 11.7 Å². The zero-order valence-corrected chi connectivity index (χ0v) is 12.6. The van der Waals surface area contributed by atoms with Crippen LogP contribution in [0.15, 0.2) is 0 Å². The first kappa shape index (κ1) is 17.2.